The van der Waals surface area contributed by atoms with E-state index in [9.17, 15) is 18.0 Å². The highest BCUT2D eigenvalue weighted by Gasteiger charge is 2.33. The summed E-state index contributed by atoms with van der Waals surface area (Å²) in [5, 5.41) is 7.57. The number of nitrogens with one attached hydrogen (secondary N) is 2. The molecule has 1 aromatic heterocycles. The zero-order valence-corrected chi connectivity index (χ0v) is 15.4. The number of carbonyl (C=O) groups is 1. The number of carbonyl (C=O) groups excluding carboxylic acids is 1. The minimum Gasteiger partial charge on any atom is -0.370 e. The number of hydrogen-bond acceptors (Lipinski definition) is 3. The molecule has 1 heterocycles. The maximum Gasteiger partial charge on any atom is 0.417 e. The Morgan fingerprint density at radius 1 is 1.22 bits per heavy atom. The summed E-state index contributed by atoms with van der Waals surface area (Å²) in [4.78, 5) is 18.7. The van der Waals surface area contributed by atoms with E-state index in [0.717, 1.165) is 30.6 Å². The van der Waals surface area contributed by atoms with Gasteiger partial charge in [-0.25, -0.2) is 0 Å². The SMILES string of the molecule is CCN(CC)CCCN(C(=N)N)C(=O)c1cc2c(C(F)(F)F)cccc2[nH]1. The molecule has 2 rings (SSSR count). The first-order valence-corrected chi connectivity index (χ1v) is 8.76. The van der Waals surface area contributed by atoms with Crippen LogP contribution in [0.3, 0.4) is 0 Å². The van der Waals surface area contributed by atoms with Crippen LogP contribution in [0.15, 0.2) is 24.3 Å². The van der Waals surface area contributed by atoms with Gasteiger partial charge in [0.1, 0.15) is 5.69 Å². The normalized spacial score (nSPS) is 11.9. The van der Waals surface area contributed by atoms with Crippen LogP contribution in [0.25, 0.3) is 10.9 Å². The zero-order chi connectivity index (χ0) is 20.2. The first-order chi connectivity index (χ1) is 12.7. The summed E-state index contributed by atoms with van der Waals surface area (Å²) >= 11 is 0. The number of guanidine groups is 1. The summed E-state index contributed by atoms with van der Waals surface area (Å²) in [5.74, 6) is -1.05. The van der Waals surface area contributed by atoms with Crippen LogP contribution in [0.1, 0.15) is 36.3 Å². The van der Waals surface area contributed by atoms with Gasteiger partial charge < -0.3 is 15.6 Å². The largest absolute Gasteiger partial charge is 0.417 e. The third-order valence-electron chi connectivity index (χ3n) is 4.49. The number of nitrogens with zero attached hydrogens (tertiary/aromatic N) is 2. The second-order valence-corrected chi connectivity index (χ2v) is 6.17. The monoisotopic (exact) mass is 383 g/mol. The van der Waals surface area contributed by atoms with E-state index in [1.807, 2.05) is 13.8 Å². The lowest BCUT2D eigenvalue weighted by Gasteiger charge is -2.23. The van der Waals surface area contributed by atoms with Gasteiger partial charge >= 0.3 is 6.18 Å². The molecule has 148 valence electrons. The van der Waals surface area contributed by atoms with E-state index in [1.165, 1.54) is 18.2 Å². The highest BCUT2D eigenvalue weighted by Crippen LogP contribution is 2.35. The molecular formula is C18H24F3N5O. The Balaban J connectivity index is 2.24. The molecule has 0 aliphatic heterocycles. The van der Waals surface area contributed by atoms with Crippen LogP contribution in [0.4, 0.5) is 13.2 Å². The fraction of sp³-hybridized carbons (Fsp3) is 0.444. The number of aromatic nitrogens is 1. The summed E-state index contributed by atoms with van der Waals surface area (Å²) in [6.07, 6.45) is -3.92. The van der Waals surface area contributed by atoms with Crippen molar-refractivity contribution in [3.05, 3.63) is 35.5 Å². The van der Waals surface area contributed by atoms with E-state index < -0.39 is 23.6 Å². The molecule has 9 heteroatoms. The van der Waals surface area contributed by atoms with Crippen molar-refractivity contribution in [1.29, 1.82) is 5.41 Å². The summed E-state index contributed by atoms with van der Waals surface area (Å²) in [6.45, 7) is 6.74. The Hall–Kier alpha value is -2.55. The van der Waals surface area contributed by atoms with Crippen molar-refractivity contribution in [2.24, 2.45) is 5.73 Å². The fourth-order valence-electron chi connectivity index (χ4n) is 2.99. The summed E-state index contributed by atoms with van der Waals surface area (Å²) < 4.78 is 39.5. The van der Waals surface area contributed by atoms with Crippen molar-refractivity contribution in [3.8, 4) is 0 Å². The van der Waals surface area contributed by atoms with Crippen molar-refractivity contribution < 1.29 is 18.0 Å². The highest BCUT2D eigenvalue weighted by molar-refractivity contribution is 6.06. The molecule has 4 N–H and O–H groups in total. The van der Waals surface area contributed by atoms with Crippen LogP contribution >= 0.6 is 0 Å². The quantitative estimate of drug-likeness (QED) is 0.506. The average Bonchev–Trinajstić information content (AvgIpc) is 3.04. The molecule has 0 radical (unpaired) electrons. The number of nitrogens with two attached hydrogens (primary N) is 1. The number of amides is 1. The molecule has 0 bridgehead atoms. The van der Waals surface area contributed by atoms with Gasteiger partial charge in [-0.2, -0.15) is 13.2 Å². The molecule has 0 aliphatic rings. The predicted octanol–water partition coefficient (Wildman–Crippen LogP) is 3.25. The number of rotatable bonds is 7. The first-order valence-electron chi connectivity index (χ1n) is 8.76. The molecule has 1 amide bonds. The second-order valence-electron chi connectivity index (χ2n) is 6.17. The van der Waals surface area contributed by atoms with Gasteiger partial charge in [-0.15, -0.1) is 0 Å². The van der Waals surface area contributed by atoms with Crippen LogP contribution in [0.2, 0.25) is 0 Å². The molecule has 0 saturated heterocycles. The smallest absolute Gasteiger partial charge is 0.370 e. The Morgan fingerprint density at radius 2 is 1.89 bits per heavy atom. The van der Waals surface area contributed by atoms with Crippen molar-refractivity contribution in [3.63, 3.8) is 0 Å². The molecule has 0 atom stereocenters. The van der Waals surface area contributed by atoms with Gasteiger partial charge in [-0.3, -0.25) is 15.1 Å². The standard InChI is InChI=1S/C18H24F3N5O/c1-3-25(4-2)9-6-10-26(17(22)23)16(27)15-11-12-13(18(19,20)21)7-5-8-14(12)24-15/h5,7-8,11,24H,3-4,6,9-10H2,1-2H3,(H3,22,23). The molecule has 0 fully saturated rings. The van der Waals surface area contributed by atoms with E-state index in [1.54, 1.807) is 0 Å². The van der Waals surface area contributed by atoms with Gasteiger partial charge in [0.15, 0.2) is 5.96 Å². The lowest BCUT2D eigenvalue weighted by atomic mass is 10.1. The molecule has 0 unspecified atom stereocenters. The molecule has 0 saturated carbocycles. The van der Waals surface area contributed by atoms with Crippen molar-refractivity contribution in [2.75, 3.05) is 26.2 Å². The van der Waals surface area contributed by atoms with E-state index in [4.69, 9.17) is 11.1 Å². The molecule has 0 aliphatic carbocycles. The fourth-order valence-corrected chi connectivity index (χ4v) is 2.99. The average molecular weight is 383 g/mol. The van der Waals surface area contributed by atoms with Crippen LogP contribution in [0, 0.1) is 5.41 Å². The maximum absolute atomic E-state index is 13.2. The Morgan fingerprint density at radius 3 is 2.44 bits per heavy atom. The van der Waals surface area contributed by atoms with Crippen LogP contribution in [-0.2, 0) is 6.18 Å². The number of benzene rings is 1. The number of hydrogen-bond donors (Lipinski definition) is 3. The van der Waals surface area contributed by atoms with E-state index in [2.05, 4.69) is 9.88 Å². The predicted molar refractivity (Wildman–Crippen MR) is 98.7 cm³/mol. The van der Waals surface area contributed by atoms with E-state index >= 15 is 0 Å². The molecule has 0 spiro atoms. The van der Waals surface area contributed by atoms with Gasteiger partial charge in [0.2, 0.25) is 0 Å². The van der Waals surface area contributed by atoms with Gasteiger partial charge in [0, 0.05) is 17.4 Å². The lowest BCUT2D eigenvalue weighted by molar-refractivity contribution is -0.136. The number of H-pyrrole nitrogens is 1. The molecule has 6 nitrogen and oxygen atoms in total. The van der Waals surface area contributed by atoms with E-state index in [-0.39, 0.29) is 23.1 Å². The van der Waals surface area contributed by atoms with Crippen molar-refractivity contribution in [1.82, 2.24) is 14.8 Å². The summed E-state index contributed by atoms with van der Waals surface area (Å²) in [7, 11) is 0. The van der Waals surface area contributed by atoms with Crippen molar-refractivity contribution >= 4 is 22.8 Å². The number of halogens is 3. The van der Waals surface area contributed by atoms with Gasteiger partial charge in [-0.1, -0.05) is 19.9 Å². The van der Waals surface area contributed by atoms with Gasteiger partial charge in [0.05, 0.1) is 5.56 Å². The maximum atomic E-state index is 13.2. The Kier molecular flexibility index (Phi) is 6.48. The van der Waals surface area contributed by atoms with E-state index in [0.29, 0.717) is 6.42 Å². The van der Waals surface area contributed by atoms with Crippen molar-refractivity contribution in [2.45, 2.75) is 26.4 Å². The summed E-state index contributed by atoms with van der Waals surface area (Å²) in [5.41, 5.74) is 4.90. The second kappa shape index (κ2) is 8.43. The zero-order valence-electron chi connectivity index (χ0n) is 15.4. The molecule has 1 aromatic carbocycles. The third kappa shape index (κ3) is 4.79. The Bertz CT molecular complexity index is 811. The number of alkyl halides is 3. The molecule has 2 aromatic rings. The van der Waals surface area contributed by atoms with Crippen LogP contribution < -0.4 is 5.73 Å². The molecular weight excluding hydrogens is 359 g/mol. The topological polar surface area (TPSA) is 89.2 Å². The lowest BCUT2D eigenvalue weighted by Crippen LogP contribution is -2.43. The third-order valence-corrected chi connectivity index (χ3v) is 4.49. The first kappa shape index (κ1) is 20.8. The minimum absolute atomic E-state index is 0.0280. The van der Waals surface area contributed by atoms with Crippen LogP contribution in [0.5, 0.6) is 0 Å². The van der Waals surface area contributed by atoms with Gasteiger partial charge in [0.25, 0.3) is 5.91 Å². The molecule has 27 heavy (non-hydrogen) atoms. The van der Waals surface area contributed by atoms with Gasteiger partial charge in [-0.05, 0) is 44.3 Å². The number of fused-ring (bicyclic) bond motifs is 1. The summed E-state index contributed by atoms with van der Waals surface area (Å²) in [6, 6.07) is 4.89. The highest BCUT2D eigenvalue weighted by atomic mass is 19.4. The minimum atomic E-state index is -4.52. The van der Waals surface area contributed by atoms with Crippen LogP contribution in [-0.4, -0.2) is 52.8 Å². The Labute approximate surface area is 155 Å². The number of aromatic amines is 1.